The minimum Gasteiger partial charge on any atom is -0.461 e. The number of ketones is 3. The van der Waals surface area contributed by atoms with E-state index in [4.69, 9.17) is 37.9 Å². The number of piperidine rings is 1. The monoisotopic (exact) mass is 1210 g/mol. The Hall–Kier alpha value is -4.43. The van der Waals surface area contributed by atoms with Gasteiger partial charge in [-0.15, -0.1) is 0 Å². The molecule has 86 heavy (non-hydrogen) atoms. The molecule has 3 unspecified atom stereocenters. The van der Waals surface area contributed by atoms with Gasteiger partial charge in [-0.3, -0.25) is 28.8 Å². The molecular weight excluding hydrogens is 1100 g/mol. The zero-order chi connectivity index (χ0) is 63.3. The second kappa shape index (κ2) is 28.6. The Bertz CT molecular complexity index is 2580. The molecule has 2 N–H and O–H groups in total. The molecule has 17 atom stereocenters. The highest BCUT2D eigenvalue weighted by atomic mass is 16.7. The van der Waals surface area contributed by atoms with Crippen molar-refractivity contribution < 1.29 is 81.7 Å². The largest absolute Gasteiger partial charge is 0.461 e. The van der Waals surface area contributed by atoms with E-state index in [9.17, 15) is 43.8 Å². The van der Waals surface area contributed by atoms with Gasteiger partial charge < -0.3 is 53.0 Å². The van der Waals surface area contributed by atoms with E-state index in [1.54, 1.807) is 48.0 Å². The highest BCUT2D eigenvalue weighted by molar-refractivity contribution is 6.39. The summed E-state index contributed by atoms with van der Waals surface area (Å²) in [6, 6.07) is -1.22. The van der Waals surface area contributed by atoms with Crippen molar-refractivity contribution in [1.82, 2.24) is 4.90 Å². The second-order valence-electron chi connectivity index (χ2n) is 28.1. The molecule has 4 aliphatic heterocycles. The average molecular weight is 1210 g/mol. The summed E-state index contributed by atoms with van der Waals surface area (Å²) in [7, 11) is 3.16. The molecular formula is C68H103NO17. The number of aliphatic hydroxyl groups is 2. The Labute approximate surface area is 511 Å². The number of ether oxygens (including phenoxy) is 8. The maximum atomic E-state index is 14.8. The number of rotatable bonds is 9. The summed E-state index contributed by atoms with van der Waals surface area (Å²) in [5.41, 5.74) is -0.0517. The molecule has 3 aliphatic carbocycles. The second-order valence-corrected chi connectivity index (χ2v) is 28.1. The minimum absolute atomic E-state index is 0.0223. The van der Waals surface area contributed by atoms with Gasteiger partial charge in [-0.1, -0.05) is 91.8 Å². The summed E-state index contributed by atoms with van der Waals surface area (Å²) < 4.78 is 49.9. The first-order chi connectivity index (χ1) is 40.5. The topological polar surface area (TPSA) is 237 Å². The number of hydrogen-bond acceptors (Lipinski definition) is 17. The summed E-state index contributed by atoms with van der Waals surface area (Å²) in [4.78, 5) is 101. The van der Waals surface area contributed by atoms with Crippen LogP contribution in [0.3, 0.4) is 0 Å². The summed E-state index contributed by atoms with van der Waals surface area (Å²) in [5.74, 6) is -11.2. The van der Waals surface area contributed by atoms with E-state index in [1.807, 2.05) is 58.1 Å². The summed E-state index contributed by atoms with van der Waals surface area (Å²) >= 11 is 0. The van der Waals surface area contributed by atoms with Gasteiger partial charge in [-0.25, -0.2) is 4.79 Å². The van der Waals surface area contributed by atoms with E-state index in [2.05, 4.69) is 20.8 Å². The number of fused-ring (bicyclic) bond motifs is 6. The SMILES string of the molecule is CO[C@H]1C[C@@H]2CC[C@@H](C)[C@@](O)(O2)C(=O)C(=O)N2CCCC[C@H]2C(=O)O[C@H]([C@H](C)C[C@@H]2CC[C@@H](OC(=O)C3(C)COC4(CC5CCC4(C)C5(C)C)OC3)[C@H](OC)C2)CC(=O)/C(C)=C/C(C)[C@@H](OC(C)=O)[C@@H](CO)C(=O)[C@H](C)C[C@H](C)C=CC=CC=C1C. The lowest BCUT2D eigenvalue weighted by Crippen LogP contribution is -2.61. The smallest absolute Gasteiger partial charge is 0.329 e. The van der Waals surface area contributed by atoms with Crippen LogP contribution in [-0.2, 0) is 71.5 Å². The quantitative estimate of drug-likeness (QED) is 0.124. The Morgan fingerprint density at radius 2 is 1.55 bits per heavy atom. The molecule has 4 heterocycles. The standard InChI is InChI=1S/C68H103NO17/c1-40-20-16-15-17-21-41(2)55(79-13)34-50-25-23-46(7)68(78,86-50)60(74)61(75)69-29-19-18-22-52(69)62(76)84-56(35-53(72)42(3)31-45(6)59(83-47(8)71)51(37-70)58(73)44(5)30-40)43(4)32-48-24-26-54(57(33-48)80-14)85-63(77)65(11)38-81-67(82-39-65)36-49-27-28-66(67,12)64(49,9)10/h15-17,20-21,31,40,43-46,48-52,54-57,59,70,78H,18-19,22-30,32-39H2,1-14H3/b17-15?,20-16?,41-21?,42-31+/t40-,43-,44-,45?,46-,48+,49?,50+,51+,52+,54-,55+,56+,57-,59-,65?,66?,67?,68-/m1/s1. The first-order valence-electron chi connectivity index (χ1n) is 32.0. The van der Waals surface area contributed by atoms with Crippen molar-refractivity contribution in [3.8, 4) is 0 Å². The van der Waals surface area contributed by atoms with Gasteiger partial charge >= 0.3 is 17.9 Å². The number of carbonyl (C=O) groups excluding carboxylic acids is 7. The van der Waals surface area contributed by atoms with Gasteiger partial charge in [-0.2, -0.15) is 0 Å². The van der Waals surface area contributed by atoms with Crippen LogP contribution >= 0.6 is 0 Å². The van der Waals surface area contributed by atoms with Crippen LogP contribution in [0.1, 0.15) is 179 Å². The predicted molar refractivity (Wildman–Crippen MR) is 320 cm³/mol. The van der Waals surface area contributed by atoms with E-state index in [0.29, 0.717) is 63.7 Å². The fourth-order valence-corrected chi connectivity index (χ4v) is 15.4. The van der Waals surface area contributed by atoms with Crippen LogP contribution in [0.25, 0.3) is 0 Å². The van der Waals surface area contributed by atoms with E-state index in [0.717, 1.165) is 24.8 Å². The molecule has 7 aliphatic rings. The van der Waals surface area contributed by atoms with E-state index in [1.165, 1.54) is 11.8 Å². The average Bonchev–Trinajstić information content (AvgIpc) is 1.52. The number of nitrogens with zero attached hydrogens (tertiary/aromatic N) is 1. The summed E-state index contributed by atoms with van der Waals surface area (Å²) in [5, 5.41) is 22.9. The van der Waals surface area contributed by atoms with Gasteiger partial charge in [0.05, 0.1) is 44.1 Å². The summed E-state index contributed by atoms with van der Waals surface area (Å²) in [6.45, 7) is 22.3. The number of carbonyl (C=O) groups is 7. The third-order valence-electron chi connectivity index (χ3n) is 21.7. The molecule has 1 amide bonds. The van der Waals surface area contributed by atoms with Crippen molar-refractivity contribution in [1.29, 1.82) is 0 Å². The van der Waals surface area contributed by atoms with Crippen LogP contribution in [0.4, 0.5) is 0 Å². The van der Waals surface area contributed by atoms with Crippen molar-refractivity contribution in [3.63, 3.8) is 0 Å². The number of cyclic esters (lactones) is 1. The molecule has 3 saturated carbocycles. The Kier molecular flexibility index (Phi) is 23.0. The van der Waals surface area contributed by atoms with Crippen LogP contribution < -0.4 is 0 Å². The van der Waals surface area contributed by atoms with Crippen LogP contribution in [0.2, 0.25) is 0 Å². The van der Waals surface area contributed by atoms with Crippen molar-refractivity contribution in [2.45, 2.75) is 234 Å². The molecule has 0 aromatic heterocycles. The van der Waals surface area contributed by atoms with Crippen LogP contribution in [0.15, 0.2) is 47.6 Å². The number of aliphatic hydroxyl groups excluding tert-OH is 1. The Morgan fingerprint density at radius 3 is 2.17 bits per heavy atom. The van der Waals surface area contributed by atoms with E-state index in [-0.39, 0.29) is 73.0 Å². The first kappa shape index (κ1) is 69.1. The molecule has 6 fully saturated rings. The number of methoxy groups -OCH3 is 2. The molecule has 4 bridgehead atoms. The van der Waals surface area contributed by atoms with Crippen molar-refractivity contribution in [2.75, 3.05) is 40.6 Å². The normalized spacial score (nSPS) is 41.0. The van der Waals surface area contributed by atoms with Crippen molar-refractivity contribution >= 4 is 41.2 Å². The van der Waals surface area contributed by atoms with Crippen molar-refractivity contribution in [3.05, 3.63) is 47.6 Å². The molecule has 0 aromatic rings. The molecule has 3 saturated heterocycles. The molecule has 0 aromatic carbocycles. The number of Topliss-reactive ketones (excluding diaryl/α,β-unsaturated/α-hetero) is 3. The van der Waals surface area contributed by atoms with Crippen LogP contribution in [-0.4, -0.2) is 151 Å². The van der Waals surface area contributed by atoms with Gasteiger partial charge in [0, 0.05) is 70.1 Å². The zero-order valence-electron chi connectivity index (χ0n) is 54.0. The molecule has 18 nitrogen and oxygen atoms in total. The number of esters is 3. The van der Waals surface area contributed by atoms with Gasteiger partial charge in [-0.05, 0) is 138 Å². The van der Waals surface area contributed by atoms with Gasteiger partial charge in [0.25, 0.3) is 11.7 Å². The Morgan fingerprint density at radius 1 is 0.837 bits per heavy atom. The first-order valence-corrected chi connectivity index (χ1v) is 32.0. The summed E-state index contributed by atoms with van der Waals surface area (Å²) in [6.07, 6.45) is 14.3. The lowest BCUT2D eigenvalue weighted by molar-refractivity contribution is -0.346. The van der Waals surface area contributed by atoms with E-state index < -0.39 is 131 Å². The molecule has 1 spiro atoms. The molecule has 18 heteroatoms. The third kappa shape index (κ3) is 14.7. The maximum Gasteiger partial charge on any atom is 0.329 e. The van der Waals surface area contributed by atoms with Crippen LogP contribution in [0, 0.1) is 63.6 Å². The molecule has 7 rings (SSSR count). The number of hydrogen-bond donors (Lipinski definition) is 2. The molecule has 482 valence electrons. The lowest BCUT2D eigenvalue weighted by atomic mass is 9.68. The maximum absolute atomic E-state index is 14.8. The van der Waals surface area contributed by atoms with Gasteiger partial charge in [0.15, 0.2) is 11.6 Å². The predicted octanol–water partition coefficient (Wildman–Crippen LogP) is 9.49. The van der Waals surface area contributed by atoms with Gasteiger partial charge in [0.1, 0.15) is 35.6 Å². The van der Waals surface area contributed by atoms with Crippen LogP contribution in [0.5, 0.6) is 0 Å². The molecule has 0 radical (unpaired) electrons. The van der Waals surface area contributed by atoms with Crippen molar-refractivity contribution in [2.24, 2.45) is 63.6 Å². The minimum atomic E-state index is -2.48. The Balaban J connectivity index is 1.13. The highest BCUT2D eigenvalue weighted by Gasteiger charge is 2.72. The zero-order valence-corrected chi connectivity index (χ0v) is 54.0. The third-order valence-corrected chi connectivity index (χ3v) is 21.7. The fourth-order valence-electron chi connectivity index (χ4n) is 15.4. The lowest BCUT2D eigenvalue weighted by Gasteiger charge is -2.52. The van der Waals surface area contributed by atoms with Gasteiger partial charge in [0.2, 0.25) is 5.79 Å². The highest BCUT2D eigenvalue weighted by Crippen LogP contribution is 2.72. The number of allylic oxidation sites excluding steroid dienone is 6. The number of amides is 1. The fraction of sp³-hybridized carbons (Fsp3) is 0.779. The van der Waals surface area contributed by atoms with E-state index >= 15 is 0 Å².